The molecule has 2 atom stereocenters. The molecule has 2 aliphatic rings. The van der Waals surface area contributed by atoms with Crippen molar-refractivity contribution >= 4 is 11.8 Å². The second-order valence-corrected chi connectivity index (χ2v) is 7.23. The molecule has 3 rings (SSSR count). The van der Waals surface area contributed by atoms with Crippen molar-refractivity contribution < 1.29 is 23.1 Å². The average molecular weight is 366 g/mol. The number of benzene rings is 1. The third kappa shape index (κ3) is 4.20. The summed E-state index contributed by atoms with van der Waals surface area (Å²) in [6.45, 7) is 5.89. The van der Waals surface area contributed by atoms with Gasteiger partial charge in [0, 0.05) is 43.7 Å². The Morgan fingerprint density at radius 2 is 1.50 bits per heavy atom. The Bertz CT molecular complexity index is 659. The maximum absolute atomic E-state index is 13.3. The fraction of sp³-hybridized carbons (Fsp3) is 0.579. The van der Waals surface area contributed by atoms with Crippen LogP contribution in [0.15, 0.2) is 18.2 Å². The standard InChI is InChI=1S/C19H24F2N2O3/c1-12-10-23(11-13(2)26-12)18(24)14-3-5-22(6-4-14)19(25)15-7-16(20)9-17(21)8-15/h7-9,12-14H,3-6,10-11H2,1-2H3. The Morgan fingerprint density at radius 1 is 0.962 bits per heavy atom. The summed E-state index contributed by atoms with van der Waals surface area (Å²) >= 11 is 0. The van der Waals surface area contributed by atoms with E-state index in [1.807, 2.05) is 18.7 Å². The fourth-order valence-corrected chi connectivity index (χ4v) is 3.81. The molecule has 0 radical (unpaired) electrons. The van der Waals surface area contributed by atoms with Gasteiger partial charge in [0.15, 0.2) is 0 Å². The molecular formula is C19H24F2N2O3. The number of hydrogen-bond acceptors (Lipinski definition) is 3. The summed E-state index contributed by atoms with van der Waals surface area (Å²) in [6, 6.07) is 2.82. The van der Waals surface area contributed by atoms with Gasteiger partial charge in [-0.2, -0.15) is 0 Å². The zero-order valence-electron chi connectivity index (χ0n) is 15.1. The number of halogens is 2. The van der Waals surface area contributed by atoms with Crippen molar-refractivity contribution in [2.24, 2.45) is 5.92 Å². The van der Waals surface area contributed by atoms with Crippen LogP contribution >= 0.6 is 0 Å². The van der Waals surface area contributed by atoms with Crippen molar-refractivity contribution in [3.8, 4) is 0 Å². The first-order chi connectivity index (χ1) is 12.3. The maximum atomic E-state index is 13.3. The van der Waals surface area contributed by atoms with E-state index in [9.17, 15) is 18.4 Å². The van der Waals surface area contributed by atoms with Crippen LogP contribution in [0.1, 0.15) is 37.0 Å². The van der Waals surface area contributed by atoms with Crippen LogP contribution in [0, 0.1) is 17.6 Å². The van der Waals surface area contributed by atoms with Crippen molar-refractivity contribution in [1.29, 1.82) is 0 Å². The summed E-state index contributed by atoms with van der Waals surface area (Å²) in [5.41, 5.74) is 0.00288. The van der Waals surface area contributed by atoms with Gasteiger partial charge < -0.3 is 14.5 Å². The van der Waals surface area contributed by atoms with E-state index in [2.05, 4.69) is 0 Å². The van der Waals surface area contributed by atoms with Crippen LogP contribution in [-0.2, 0) is 9.53 Å². The zero-order chi connectivity index (χ0) is 18.8. The molecule has 0 N–H and O–H groups in total. The quantitative estimate of drug-likeness (QED) is 0.808. The van der Waals surface area contributed by atoms with Gasteiger partial charge >= 0.3 is 0 Å². The van der Waals surface area contributed by atoms with Gasteiger partial charge in [0.05, 0.1) is 12.2 Å². The van der Waals surface area contributed by atoms with Gasteiger partial charge in [-0.05, 0) is 38.8 Å². The van der Waals surface area contributed by atoms with Gasteiger partial charge in [0.25, 0.3) is 5.91 Å². The lowest BCUT2D eigenvalue weighted by Gasteiger charge is -2.39. The molecule has 5 nitrogen and oxygen atoms in total. The second kappa shape index (κ2) is 7.70. The SMILES string of the molecule is CC1CN(C(=O)C2CCN(C(=O)c3cc(F)cc(F)c3)CC2)CC(C)O1. The molecule has 1 aromatic carbocycles. The smallest absolute Gasteiger partial charge is 0.254 e. The number of nitrogens with zero attached hydrogens (tertiary/aromatic N) is 2. The van der Waals surface area contributed by atoms with Crippen LogP contribution in [0.5, 0.6) is 0 Å². The minimum Gasteiger partial charge on any atom is -0.372 e. The van der Waals surface area contributed by atoms with Crippen LogP contribution in [-0.4, -0.2) is 60.0 Å². The first-order valence-corrected chi connectivity index (χ1v) is 9.03. The fourth-order valence-electron chi connectivity index (χ4n) is 3.81. The maximum Gasteiger partial charge on any atom is 0.254 e. The number of piperidine rings is 1. The van der Waals surface area contributed by atoms with Gasteiger partial charge in [-0.15, -0.1) is 0 Å². The Hall–Kier alpha value is -2.02. The molecule has 142 valence electrons. The van der Waals surface area contributed by atoms with Crippen molar-refractivity contribution in [2.75, 3.05) is 26.2 Å². The van der Waals surface area contributed by atoms with Crippen molar-refractivity contribution in [3.63, 3.8) is 0 Å². The lowest BCUT2D eigenvalue weighted by Crippen LogP contribution is -2.51. The highest BCUT2D eigenvalue weighted by Crippen LogP contribution is 2.23. The van der Waals surface area contributed by atoms with E-state index in [1.54, 1.807) is 4.90 Å². The number of hydrogen-bond donors (Lipinski definition) is 0. The number of amides is 2. The number of carbonyl (C=O) groups excluding carboxylic acids is 2. The summed E-state index contributed by atoms with van der Waals surface area (Å²) in [5, 5.41) is 0. The second-order valence-electron chi connectivity index (χ2n) is 7.23. The van der Waals surface area contributed by atoms with Crippen LogP contribution in [0.2, 0.25) is 0 Å². The summed E-state index contributed by atoms with van der Waals surface area (Å²) in [4.78, 5) is 28.6. The first-order valence-electron chi connectivity index (χ1n) is 9.03. The molecule has 7 heteroatoms. The van der Waals surface area contributed by atoms with E-state index in [0.29, 0.717) is 39.0 Å². The summed E-state index contributed by atoms with van der Waals surface area (Å²) in [7, 11) is 0. The molecule has 1 aromatic rings. The molecular weight excluding hydrogens is 342 g/mol. The molecule has 2 aliphatic heterocycles. The topological polar surface area (TPSA) is 49.9 Å². The molecule has 2 heterocycles. The Labute approximate surface area is 151 Å². The average Bonchev–Trinajstić information content (AvgIpc) is 2.59. The Kier molecular flexibility index (Phi) is 5.55. The molecule has 2 saturated heterocycles. The molecule has 0 aromatic heterocycles. The molecule has 2 fully saturated rings. The van der Waals surface area contributed by atoms with Gasteiger partial charge in [-0.25, -0.2) is 8.78 Å². The van der Waals surface area contributed by atoms with E-state index >= 15 is 0 Å². The van der Waals surface area contributed by atoms with Crippen LogP contribution < -0.4 is 0 Å². The summed E-state index contributed by atoms with van der Waals surface area (Å²) in [6.07, 6.45) is 1.16. The predicted octanol–water partition coefficient (Wildman–Crippen LogP) is 2.45. The van der Waals surface area contributed by atoms with Gasteiger partial charge in [-0.3, -0.25) is 9.59 Å². The molecule has 26 heavy (non-hydrogen) atoms. The molecule has 2 amide bonds. The minimum absolute atomic E-state index is 0.00288. The number of ether oxygens (including phenoxy) is 1. The predicted molar refractivity (Wildman–Crippen MR) is 91.6 cm³/mol. The monoisotopic (exact) mass is 366 g/mol. The minimum atomic E-state index is -0.769. The third-order valence-electron chi connectivity index (χ3n) is 4.97. The number of morpholine rings is 1. The van der Waals surface area contributed by atoms with Crippen LogP contribution in [0.3, 0.4) is 0 Å². The zero-order valence-corrected chi connectivity index (χ0v) is 15.1. The van der Waals surface area contributed by atoms with Gasteiger partial charge in [0.2, 0.25) is 5.91 Å². The molecule has 0 saturated carbocycles. The summed E-state index contributed by atoms with van der Waals surface area (Å²) < 4.78 is 32.3. The Morgan fingerprint density at radius 3 is 2.04 bits per heavy atom. The molecule has 0 spiro atoms. The largest absolute Gasteiger partial charge is 0.372 e. The third-order valence-corrected chi connectivity index (χ3v) is 4.97. The van der Waals surface area contributed by atoms with Gasteiger partial charge in [0.1, 0.15) is 11.6 Å². The molecule has 0 bridgehead atoms. The van der Waals surface area contributed by atoms with Crippen LogP contribution in [0.4, 0.5) is 8.78 Å². The van der Waals surface area contributed by atoms with E-state index in [-0.39, 0.29) is 29.6 Å². The number of likely N-dealkylation sites (tertiary alicyclic amines) is 1. The highest BCUT2D eigenvalue weighted by molar-refractivity contribution is 5.94. The first kappa shape index (κ1) is 18.8. The van der Waals surface area contributed by atoms with Crippen molar-refractivity contribution in [2.45, 2.75) is 38.9 Å². The number of rotatable bonds is 2. The summed E-state index contributed by atoms with van der Waals surface area (Å²) in [5.74, 6) is -1.96. The van der Waals surface area contributed by atoms with Crippen molar-refractivity contribution in [1.82, 2.24) is 9.80 Å². The van der Waals surface area contributed by atoms with Crippen molar-refractivity contribution in [3.05, 3.63) is 35.4 Å². The van der Waals surface area contributed by atoms with Crippen LogP contribution in [0.25, 0.3) is 0 Å². The van der Waals surface area contributed by atoms with E-state index < -0.39 is 17.5 Å². The highest BCUT2D eigenvalue weighted by Gasteiger charge is 2.33. The molecule has 0 aliphatic carbocycles. The van der Waals surface area contributed by atoms with E-state index in [0.717, 1.165) is 18.2 Å². The van der Waals surface area contributed by atoms with E-state index in [4.69, 9.17) is 4.74 Å². The lowest BCUT2D eigenvalue weighted by molar-refractivity contribution is -0.148. The van der Waals surface area contributed by atoms with E-state index in [1.165, 1.54) is 0 Å². The normalized spacial score (nSPS) is 24.6. The molecule has 2 unspecified atom stereocenters. The number of carbonyl (C=O) groups is 2. The lowest BCUT2D eigenvalue weighted by atomic mass is 9.94. The highest BCUT2D eigenvalue weighted by atomic mass is 19.1. The van der Waals surface area contributed by atoms with Gasteiger partial charge in [-0.1, -0.05) is 0 Å². The Balaban J connectivity index is 1.58.